The molecule has 2 rings (SSSR count). The SMILES string of the molecule is CN=C(NCCCOC1CCOCC1)NCc1ccc(C)cc1OC(C)(C)C.I. The minimum absolute atomic E-state index is 0. The topological polar surface area (TPSA) is 64.1 Å². The van der Waals surface area contributed by atoms with E-state index in [1.165, 1.54) is 5.56 Å². The number of aliphatic imine (C=N–C) groups is 1. The Balaban J connectivity index is 0.00000420. The standard InChI is InChI=1S/C22H37N3O3.HI/c1-17-7-8-18(20(15-17)28-22(2,3)4)16-25-21(23-5)24-11-6-12-27-19-9-13-26-14-10-19;/h7-8,15,19H,6,9-14,16H2,1-5H3,(H2,23,24,25);1H. The Morgan fingerprint density at radius 2 is 1.93 bits per heavy atom. The van der Waals surface area contributed by atoms with E-state index in [1.54, 1.807) is 7.05 Å². The number of halogens is 1. The van der Waals surface area contributed by atoms with Crippen LogP contribution in [0.1, 0.15) is 51.2 Å². The van der Waals surface area contributed by atoms with Crippen molar-refractivity contribution in [2.24, 2.45) is 4.99 Å². The molecule has 0 saturated carbocycles. The highest BCUT2D eigenvalue weighted by Gasteiger charge is 2.15. The molecule has 1 aliphatic heterocycles. The van der Waals surface area contributed by atoms with Crippen molar-refractivity contribution in [3.05, 3.63) is 29.3 Å². The van der Waals surface area contributed by atoms with Gasteiger partial charge in [-0.3, -0.25) is 4.99 Å². The number of guanidine groups is 1. The number of nitrogens with zero attached hydrogens (tertiary/aromatic N) is 1. The van der Waals surface area contributed by atoms with Crippen molar-refractivity contribution in [3.8, 4) is 5.75 Å². The summed E-state index contributed by atoms with van der Waals surface area (Å²) < 4.78 is 17.4. The van der Waals surface area contributed by atoms with Crippen molar-refractivity contribution in [2.75, 3.05) is 33.4 Å². The average Bonchev–Trinajstić information content (AvgIpc) is 2.65. The molecule has 1 saturated heterocycles. The number of hydrogen-bond acceptors (Lipinski definition) is 4. The Labute approximate surface area is 193 Å². The van der Waals surface area contributed by atoms with Crippen molar-refractivity contribution in [3.63, 3.8) is 0 Å². The van der Waals surface area contributed by atoms with Crippen LogP contribution in [0.5, 0.6) is 5.75 Å². The molecule has 0 unspecified atom stereocenters. The molecule has 0 amide bonds. The lowest BCUT2D eigenvalue weighted by atomic mass is 10.1. The number of aryl methyl sites for hydroxylation is 1. The summed E-state index contributed by atoms with van der Waals surface area (Å²) in [6, 6.07) is 6.31. The first-order chi connectivity index (χ1) is 13.4. The van der Waals surface area contributed by atoms with Gasteiger partial charge < -0.3 is 24.8 Å². The molecule has 1 heterocycles. The number of nitrogens with one attached hydrogen (secondary N) is 2. The van der Waals surface area contributed by atoms with Crippen molar-refractivity contribution in [1.29, 1.82) is 0 Å². The molecule has 1 aliphatic rings. The Bertz CT molecular complexity index is 626. The lowest BCUT2D eigenvalue weighted by Crippen LogP contribution is -2.38. The smallest absolute Gasteiger partial charge is 0.191 e. The van der Waals surface area contributed by atoms with Crippen molar-refractivity contribution < 1.29 is 14.2 Å². The van der Waals surface area contributed by atoms with E-state index in [4.69, 9.17) is 14.2 Å². The summed E-state index contributed by atoms with van der Waals surface area (Å²) in [5, 5.41) is 6.72. The van der Waals surface area contributed by atoms with Crippen LogP contribution in [0.4, 0.5) is 0 Å². The van der Waals surface area contributed by atoms with Crippen LogP contribution in [0, 0.1) is 6.92 Å². The summed E-state index contributed by atoms with van der Waals surface area (Å²) in [6.07, 6.45) is 3.31. The Kier molecular flexibility index (Phi) is 11.9. The molecule has 0 spiro atoms. The van der Waals surface area contributed by atoms with E-state index < -0.39 is 0 Å². The molecule has 1 aromatic rings. The third-order valence-corrected chi connectivity index (χ3v) is 4.44. The van der Waals surface area contributed by atoms with Gasteiger partial charge in [0.1, 0.15) is 11.4 Å². The number of benzene rings is 1. The van der Waals surface area contributed by atoms with Crippen LogP contribution in [-0.2, 0) is 16.0 Å². The normalized spacial score (nSPS) is 15.6. The fourth-order valence-electron chi connectivity index (χ4n) is 3.00. The molecule has 2 N–H and O–H groups in total. The largest absolute Gasteiger partial charge is 0.488 e. The first-order valence-corrected chi connectivity index (χ1v) is 10.3. The fraction of sp³-hybridized carbons (Fsp3) is 0.682. The molecule has 0 radical (unpaired) electrons. The van der Waals surface area contributed by atoms with E-state index >= 15 is 0 Å². The van der Waals surface area contributed by atoms with Gasteiger partial charge in [0.05, 0.1) is 6.10 Å². The van der Waals surface area contributed by atoms with Crippen LogP contribution in [0.3, 0.4) is 0 Å². The van der Waals surface area contributed by atoms with Gasteiger partial charge in [-0.1, -0.05) is 12.1 Å². The van der Waals surface area contributed by atoms with Gasteiger partial charge >= 0.3 is 0 Å². The van der Waals surface area contributed by atoms with Gasteiger partial charge in [-0.25, -0.2) is 0 Å². The molecule has 0 atom stereocenters. The van der Waals surface area contributed by atoms with E-state index in [-0.39, 0.29) is 29.6 Å². The van der Waals surface area contributed by atoms with Crippen LogP contribution < -0.4 is 15.4 Å². The summed E-state index contributed by atoms with van der Waals surface area (Å²) in [6.45, 7) is 12.1. The zero-order chi connectivity index (χ0) is 20.4. The Morgan fingerprint density at radius 1 is 1.21 bits per heavy atom. The minimum atomic E-state index is -0.229. The molecule has 1 aromatic carbocycles. The molecule has 166 valence electrons. The molecule has 1 fully saturated rings. The van der Waals surface area contributed by atoms with Crippen LogP contribution in [-0.4, -0.2) is 51.1 Å². The van der Waals surface area contributed by atoms with E-state index in [2.05, 4.69) is 61.5 Å². The van der Waals surface area contributed by atoms with Crippen LogP contribution in [0.2, 0.25) is 0 Å². The van der Waals surface area contributed by atoms with Gasteiger partial charge in [-0.05, 0) is 58.6 Å². The monoisotopic (exact) mass is 519 g/mol. The summed E-state index contributed by atoms with van der Waals surface area (Å²) >= 11 is 0. The highest BCUT2D eigenvalue weighted by molar-refractivity contribution is 14.0. The van der Waals surface area contributed by atoms with Crippen LogP contribution in [0.25, 0.3) is 0 Å². The van der Waals surface area contributed by atoms with E-state index in [0.29, 0.717) is 12.6 Å². The maximum atomic E-state index is 6.12. The van der Waals surface area contributed by atoms with Gasteiger partial charge in [0, 0.05) is 45.5 Å². The molecular weight excluding hydrogens is 481 g/mol. The molecule has 6 nitrogen and oxygen atoms in total. The second-order valence-electron chi connectivity index (χ2n) is 8.21. The second kappa shape index (κ2) is 13.3. The first kappa shape index (κ1) is 26.0. The zero-order valence-corrected chi connectivity index (χ0v) is 20.9. The van der Waals surface area contributed by atoms with Gasteiger partial charge in [0.15, 0.2) is 5.96 Å². The number of hydrogen-bond donors (Lipinski definition) is 2. The third-order valence-electron chi connectivity index (χ3n) is 4.44. The Morgan fingerprint density at radius 3 is 2.59 bits per heavy atom. The first-order valence-electron chi connectivity index (χ1n) is 10.3. The Hall–Kier alpha value is -1.06. The molecular formula is C22H38IN3O3. The van der Waals surface area contributed by atoms with Gasteiger partial charge in [0.2, 0.25) is 0 Å². The third kappa shape index (κ3) is 10.5. The van der Waals surface area contributed by atoms with Gasteiger partial charge in [-0.15, -0.1) is 24.0 Å². The fourth-order valence-corrected chi connectivity index (χ4v) is 3.00. The lowest BCUT2D eigenvalue weighted by Gasteiger charge is -2.24. The van der Waals surface area contributed by atoms with Crippen molar-refractivity contribution >= 4 is 29.9 Å². The average molecular weight is 519 g/mol. The quantitative estimate of drug-likeness (QED) is 0.235. The highest BCUT2D eigenvalue weighted by Crippen LogP contribution is 2.24. The summed E-state index contributed by atoms with van der Waals surface area (Å²) in [5.41, 5.74) is 2.08. The summed E-state index contributed by atoms with van der Waals surface area (Å²) in [5.74, 6) is 1.70. The highest BCUT2D eigenvalue weighted by atomic mass is 127. The van der Waals surface area contributed by atoms with Crippen molar-refractivity contribution in [2.45, 2.75) is 65.2 Å². The van der Waals surface area contributed by atoms with Crippen LogP contribution >= 0.6 is 24.0 Å². The maximum absolute atomic E-state index is 6.12. The zero-order valence-electron chi connectivity index (χ0n) is 18.5. The molecule has 0 bridgehead atoms. The maximum Gasteiger partial charge on any atom is 0.191 e. The van der Waals surface area contributed by atoms with Gasteiger partial charge in [0.25, 0.3) is 0 Å². The predicted molar refractivity (Wildman–Crippen MR) is 130 cm³/mol. The lowest BCUT2D eigenvalue weighted by molar-refractivity contribution is -0.0320. The van der Waals surface area contributed by atoms with E-state index in [0.717, 1.165) is 62.9 Å². The molecule has 29 heavy (non-hydrogen) atoms. The predicted octanol–water partition coefficient (Wildman–Crippen LogP) is 4.04. The van der Waals surface area contributed by atoms with E-state index in [9.17, 15) is 0 Å². The minimum Gasteiger partial charge on any atom is -0.488 e. The molecule has 0 aliphatic carbocycles. The number of rotatable bonds is 8. The molecule has 7 heteroatoms. The summed E-state index contributed by atoms with van der Waals surface area (Å²) in [4.78, 5) is 4.31. The molecule has 0 aromatic heterocycles. The summed E-state index contributed by atoms with van der Waals surface area (Å²) in [7, 11) is 1.79. The van der Waals surface area contributed by atoms with E-state index in [1.807, 2.05) is 0 Å². The second-order valence-corrected chi connectivity index (χ2v) is 8.21. The van der Waals surface area contributed by atoms with Gasteiger partial charge in [-0.2, -0.15) is 0 Å². The van der Waals surface area contributed by atoms with Crippen LogP contribution in [0.15, 0.2) is 23.2 Å². The van der Waals surface area contributed by atoms with Crippen molar-refractivity contribution in [1.82, 2.24) is 10.6 Å². The number of ether oxygens (including phenoxy) is 3.